The normalized spacial score (nSPS) is 36.2. The van der Waals surface area contributed by atoms with Gasteiger partial charge >= 0.3 is 6.09 Å². The maximum Gasteiger partial charge on any atom is 0.413 e. The van der Waals surface area contributed by atoms with E-state index in [0.29, 0.717) is 11.3 Å². The van der Waals surface area contributed by atoms with Crippen molar-refractivity contribution in [3.05, 3.63) is 0 Å². The van der Waals surface area contributed by atoms with Crippen LogP contribution in [0.3, 0.4) is 0 Å². The minimum Gasteiger partial charge on any atom is -0.450 e. The van der Waals surface area contributed by atoms with Crippen LogP contribution in [-0.4, -0.2) is 52.8 Å². The molecule has 2 aliphatic heterocycles. The highest BCUT2D eigenvalue weighted by Crippen LogP contribution is 2.38. The second-order valence-corrected chi connectivity index (χ2v) is 9.55. The number of fused-ring (bicyclic) bond motifs is 1. The molecular weight excluding hydrogens is 374 g/mol. The summed E-state index contributed by atoms with van der Waals surface area (Å²) in [5, 5.41) is 9.16. The van der Waals surface area contributed by atoms with Gasteiger partial charge in [0.1, 0.15) is 0 Å². The Labute approximate surface area is 162 Å². The molecule has 2 heterocycles. The highest BCUT2D eigenvalue weighted by Gasteiger charge is 2.43. The molecular formula is C17H27N3O4S2. The number of thioether (sulfide) groups is 2. The van der Waals surface area contributed by atoms with Crippen molar-refractivity contribution in [1.29, 1.82) is 0 Å². The van der Waals surface area contributed by atoms with Crippen molar-refractivity contribution in [2.24, 2.45) is 17.8 Å². The lowest BCUT2D eigenvalue weighted by atomic mass is 9.84. The Morgan fingerprint density at radius 3 is 2.77 bits per heavy atom. The van der Waals surface area contributed by atoms with Crippen molar-refractivity contribution >= 4 is 41.4 Å². The molecule has 3 rings (SSSR count). The molecule has 7 nitrogen and oxygen atoms in total. The molecule has 1 saturated carbocycles. The Morgan fingerprint density at radius 2 is 2.00 bits per heavy atom. The number of alkyl carbamates (subject to hydrolysis) is 1. The van der Waals surface area contributed by atoms with E-state index in [2.05, 4.69) is 16.0 Å². The van der Waals surface area contributed by atoms with Crippen LogP contribution in [0.5, 0.6) is 0 Å². The fraction of sp³-hybridized carbons (Fsp3) is 0.824. The van der Waals surface area contributed by atoms with E-state index in [1.54, 1.807) is 18.7 Å². The van der Waals surface area contributed by atoms with Crippen LogP contribution in [0.25, 0.3) is 0 Å². The largest absolute Gasteiger partial charge is 0.450 e. The summed E-state index contributed by atoms with van der Waals surface area (Å²) in [6.45, 7) is 3.87. The van der Waals surface area contributed by atoms with Crippen molar-refractivity contribution in [2.75, 3.05) is 18.2 Å². The number of amides is 3. The number of ether oxygens (including phenoxy) is 1. The fourth-order valence-electron chi connectivity index (χ4n) is 3.96. The number of rotatable bonds is 4. The van der Waals surface area contributed by atoms with Crippen LogP contribution in [0.2, 0.25) is 0 Å². The average Bonchev–Trinajstić information content (AvgIpc) is 3.20. The van der Waals surface area contributed by atoms with Crippen LogP contribution in [0.1, 0.15) is 33.1 Å². The molecule has 3 N–H and O–H groups in total. The molecule has 146 valence electrons. The summed E-state index contributed by atoms with van der Waals surface area (Å²) in [5.41, 5.74) is 0. The maximum atomic E-state index is 12.8. The molecule has 1 aliphatic carbocycles. The van der Waals surface area contributed by atoms with Gasteiger partial charge in [-0.05, 0) is 37.9 Å². The Bertz CT molecular complexity index is 562. The van der Waals surface area contributed by atoms with Crippen LogP contribution in [0.4, 0.5) is 4.79 Å². The van der Waals surface area contributed by atoms with Crippen molar-refractivity contribution in [2.45, 2.75) is 49.8 Å². The smallest absolute Gasteiger partial charge is 0.413 e. The minimum absolute atomic E-state index is 0.00674. The van der Waals surface area contributed by atoms with Gasteiger partial charge in [-0.3, -0.25) is 14.9 Å². The Kier molecular flexibility index (Phi) is 6.74. The third-order valence-corrected chi connectivity index (χ3v) is 8.18. The first-order valence-electron chi connectivity index (χ1n) is 9.24. The van der Waals surface area contributed by atoms with E-state index in [1.165, 1.54) is 0 Å². The fourth-order valence-corrected chi connectivity index (χ4v) is 6.74. The van der Waals surface area contributed by atoms with Crippen LogP contribution >= 0.6 is 23.5 Å². The predicted octanol–water partition coefficient (Wildman–Crippen LogP) is 1.53. The number of imide groups is 1. The van der Waals surface area contributed by atoms with Crippen LogP contribution in [-0.2, 0) is 14.3 Å². The lowest BCUT2D eigenvalue weighted by Gasteiger charge is -2.31. The highest BCUT2D eigenvalue weighted by atomic mass is 32.2. The zero-order valence-corrected chi connectivity index (χ0v) is 16.8. The summed E-state index contributed by atoms with van der Waals surface area (Å²) in [5.74, 6) is 1.06. The summed E-state index contributed by atoms with van der Waals surface area (Å²) in [6.07, 6.45) is 2.08. The quantitative estimate of drug-likeness (QED) is 0.657. The van der Waals surface area contributed by atoms with Gasteiger partial charge in [0.15, 0.2) is 0 Å². The summed E-state index contributed by atoms with van der Waals surface area (Å²) in [6, 6.07) is 0.419. The van der Waals surface area contributed by atoms with Gasteiger partial charge in [-0.15, -0.1) is 23.5 Å². The summed E-state index contributed by atoms with van der Waals surface area (Å²) in [7, 11) is 0. The number of hydrogen-bond donors (Lipinski definition) is 3. The third kappa shape index (κ3) is 4.48. The Balaban J connectivity index is 1.56. The van der Waals surface area contributed by atoms with Gasteiger partial charge in [0.2, 0.25) is 11.8 Å². The van der Waals surface area contributed by atoms with E-state index < -0.39 is 12.0 Å². The zero-order valence-electron chi connectivity index (χ0n) is 15.2. The molecule has 0 aromatic rings. The molecule has 3 aliphatic rings. The SMILES string of the molecule is CCOC(=O)NC(=O)C1C(C)CSC1NC(=O)C1CCC2SCNC2C1. The molecule has 3 fully saturated rings. The van der Waals surface area contributed by atoms with E-state index in [9.17, 15) is 14.4 Å². The second kappa shape index (κ2) is 8.84. The summed E-state index contributed by atoms with van der Waals surface area (Å²) < 4.78 is 4.79. The van der Waals surface area contributed by atoms with E-state index >= 15 is 0 Å². The molecule has 3 amide bonds. The first-order valence-corrected chi connectivity index (χ1v) is 11.3. The first-order chi connectivity index (χ1) is 12.5. The standard InChI is InChI=1S/C17H27N3O4S2/c1-3-24-17(23)20-15(22)13-9(2)7-25-16(13)19-14(21)10-4-5-12-11(6-10)18-8-26-12/h9-13,16,18H,3-8H2,1-2H3,(H,19,21)(H,20,22,23). The van der Waals surface area contributed by atoms with Gasteiger partial charge < -0.3 is 15.4 Å². The first kappa shape index (κ1) is 19.8. The molecule has 9 heteroatoms. The lowest BCUT2D eigenvalue weighted by molar-refractivity contribution is -0.128. The van der Waals surface area contributed by atoms with Crippen molar-refractivity contribution in [3.8, 4) is 0 Å². The summed E-state index contributed by atoms with van der Waals surface area (Å²) in [4.78, 5) is 36.8. The van der Waals surface area contributed by atoms with Crippen LogP contribution < -0.4 is 16.0 Å². The second-order valence-electron chi connectivity index (χ2n) is 7.15. The van der Waals surface area contributed by atoms with E-state index in [1.807, 2.05) is 18.7 Å². The summed E-state index contributed by atoms with van der Waals surface area (Å²) >= 11 is 3.52. The molecule has 6 atom stereocenters. The molecule has 26 heavy (non-hydrogen) atoms. The number of hydrogen-bond acceptors (Lipinski definition) is 7. The molecule has 2 saturated heterocycles. The van der Waals surface area contributed by atoms with Gasteiger partial charge in [-0.1, -0.05) is 6.92 Å². The number of carbonyl (C=O) groups excluding carboxylic acids is 3. The van der Waals surface area contributed by atoms with Crippen molar-refractivity contribution < 1.29 is 19.1 Å². The van der Waals surface area contributed by atoms with Crippen molar-refractivity contribution in [3.63, 3.8) is 0 Å². The topological polar surface area (TPSA) is 96.5 Å². The van der Waals surface area contributed by atoms with Gasteiger partial charge in [0.05, 0.1) is 17.9 Å². The van der Waals surface area contributed by atoms with Gasteiger partial charge in [0.25, 0.3) is 0 Å². The lowest BCUT2D eigenvalue weighted by Crippen LogP contribution is -2.49. The number of carbonyl (C=O) groups is 3. The van der Waals surface area contributed by atoms with Gasteiger partial charge in [-0.25, -0.2) is 4.79 Å². The molecule has 0 aromatic carbocycles. The van der Waals surface area contributed by atoms with Gasteiger partial charge in [0, 0.05) is 23.1 Å². The molecule has 6 unspecified atom stereocenters. The highest BCUT2D eigenvalue weighted by molar-refractivity contribution is 8.00. The zero-order chi connectivity index (χ0) is 18.7. The van der Waals surface area contributed by atoms with E-state index in [-0.39, 0.29) is 35.6 Å². The molecule has 0 bridgehead atoms. The van der Waals surface area contributed by atoms with E-state index in [4.69, 9.17) is 4.74 Å². The minimum atomic E-state index is -0.727. The third-order valence-electron chi connectivity index (χ3n) is 5.37. The molecule has 0 spiro atoms. The van der Waals surface area contributed by atoms with Gasteiger partial charge in [-0.2, -0.15) is 0 Å². The Hall–Kier alpha value is -0.930. The number of nitrogens with one attached hydrogen (secondary N) is 3. The monoisotopic (exact) mass is 401 g/mol. The maximum absolute atomic E-state index is 12.8. The predicted molar refractivity (Wildman–Crippen MR) is 103 cm³/mol. The Morgan fingerprint density at radius 1 is 1.19 bits per heavy atom. The van der Waals surface area contributed by atoms with Crippen LogP contribution in [0, 0.1) is 17.8 Å². The molecule has 0 aromatic heterocycles. The van der Waals surface area contributed by atoms with E-state index in [0.717, 1.165) is 30.9 Å². The van der Waals surface area contributed by atoms with Crippen molar-refractivity contribution in [1.82, 2.24) is 16.0 Å². The molecule has 0 radical (unpaired) electrons. The average molecular weight is 402 g/mol. The van der Waals surface area contributed by atoms with Crippen LogP contribution in [0.15, 0.2) is 0 Å².